The summed E-state index contributed by atoms with van der Waals surface area (Å²) in [5, 5.41) is 3.61. The third kappa shape index (κ3) is 4.05. The maximum absolute atomic E-state index is 5.95. The minimum Gasteiger partial charge on any atom is -0.373 e. The summed E-state index contributed by atoms with van der Waals surface area (Å²) in [5.41, 5.74) is 2.90. The Morgan fingerprint density at radius 3 is 2.47 bits per heavy atom. The molecule has 0 spiro atoms. The molecule has 2 heteroatoms. The highest BCUT2D eigenvalue weighted by Crippen LogP contribution is 2.34. The Morgan fingerprint density at radius 1 is 1.21 bits per heavy atom. The van der Waals surface area contributed by atoms with Crippen LogP contribution in [0.15, 0.2) is 24.3 Å². The van der Waals surface area contributed by atoms with Gasteiger partial charge in [0.05, 0.1) is 6.10 Å². The molecule has 0 amide bonds. The fraction of sp³-hybridized carbons (Fsp3) is 0.647. The first-order chi connectivity index (χ1) is 8.99. The maximum atomic E-state index is 5.95. The third-order valence-electron chi connectivity index (χ3n) is 3.83. The van der Waals surface area contributed by atoms with Crippen molar-refractivity contribution in [3.05, 3.63) is 35.4 Å². The normalized spacial score (nSPS) is 23.8. The van der Waals surface area contributed by atoms with Gasteiger partial charge in [-0.2, -0.15) is 0 Å². The molecule has 1 aromatic carbocycles. The lowest BCUT2D eigenvalue weighted by molar-refractivity contribution is 0.0889. The van der Waals surface area contributed by atoms with Crippen LogP contribution in [0, 0.1) is 5.92 Å². The average Bonchev–Trinajstić information content (AvgIpc) is 2.84. The zero-order chi connectivity index (χ0) is 13.9. The molecule has 0 bridgehead atoms. The number of nitrogens with one attached hydrogen (secondary N) is 1. The Labute approximate surface area is 117 Å². The molecule has 1 N–H and O–H groups in total. The number of ether oxygens (including phenoxy) is 1. The van der Waals surface area contributed by atoms with Gasteiger partial charge in [-0.1, -0.05) is 31.2 Å². The highest BCUT2D eigenvalue weighted by Gasteiger charge is 2.30. The van der Waals surface area contributed by atoms with Gasteiger partial charge in [-0.05, 0) is 44.7 Å². The molecule has 0 aromatic heterocycles. The van der Waals surface area contributed by atoms with Crippen LogP contribution in [-0.4, -0.2) is 18.7 Å². The second-order valence-corrected chi connectivity index (χ2v) is 6.57. The second kappa shape index (κ2) is 6.06. The summed E-state index contributed by atoms with van der Waals surface area (Å²) < 4.78 is 5.95. The van der Waals surface area contributed by atoms with E-state index in [-0.39, 0.29) is 11.6 Å². The molecule has 2 nitrogen and oxygen atoms in total. The predicted molar refractivity (Wildman–Crippen MR) is 80.4 cm³/mol. The first-order valence-electron chi connectivity index (χ1n) is 7.45. The summed E-state index contributed by atoms with van der Waals surface area (Å²) in [6.07, 6.45) is 2.52. The van der Waals surface area contributed by atoms with Crippen LogP contribution in [0.25, 0.3) is 0 Å². The van der Waals surface area contributed by atoms with Gasteiger partial charge in [0.15, 0.2) is 0 Å². The number of aryl methyl sites for hydroxylation is 1. The number of hydrogen-bond donors (Lipinski definition) is 1. The highest BCUT2D eigenvalue weighted by atomic mass is 16.5. The van der Waals surface area contributed by atoms with Gasteiger partial charge in [-0.25, -0.2) is 0 Å². The van der Waals surface area contributed by atoms with Crippen LogP contribution in [0.3, 0.4) is 0 Å². The van der Waals surface area contributed by atoms with Gasteiger partial charge in [0.1, 0.15) is 0 Å². The van der Waals surface area contributed by atoms with E-state index in [0.29, 0.717) is 5.92 Å². The van der Waals surface area contributed by atoms with Crippen molar-refractivity contribution in [2.75, 3.05) is 13.2 Å². The number of rotatable bonds is 4. The molecule has 1 aliphatic heterocycles. The van der Waals surface area contributed by atoms with Gasteiger partial charge in [0.2, 0.25) is 0 Å². The lowest BCUT2D eigenvalue weighted by Crippen LogP contribution is -2.39. The van der Waals surface area contributed by atoms with Gasteiger partial charge in [0, 0.05) is 24.6 Å². The third-order valence-corrected chi connectivity index (χ3v) is 3.83. The molecule has 0 radical (unpaired) electrons. The minimum atomic E-state index is 0.180. The van der Waals surface area contributed by atoms with Crippen molar-refractivity contribution >= 4 is 0 Å². The quantitative estimate of drug-likeness (QED) is 0.892. The largest absolute Gasteiger partial charge is 0.373 e. The lowest BCUT2D eigenvalue weighted by atomic mass is 9.93. The highest BCUT2D eigenvalue weighted by molar-refractivity contribution is 5.25. The van der Waals surface area contributed by atoms with Gasteiger partial charge in [-0.15, -0.1) is 0 Å². The van der Waals surface area contributed by atoms with E-state index in [1.807, 2.05) is 0 Å². The van der Waals surface area contributed by atoms with Gasteiger partial charge < -0.3 is 10.1 Å². The van der Waals surface area contributed by atoms with E-state index in [9.17, 15) is 0 Å². The summed E-state index contributed by atoms with van der Waals surface area (Å²) in [6.45, 7) is 10.8. The van der Waals surface area contributed by atoms with E-state index in [0.717, 1.165) is 26.0 Å². The fourth-order valence-corrected chi connectivity index (χ4v) is 2.59. The summed E-state index contributed by atoms with van der Waals surface area (Å²) in [5.74, 6) is 0.590. The molecule has 106 valence electrons. The molecule has 2 rings (SSSR count). The smallest absolute Gasteiger partial charge is 0.0866 e. The van der Waals surface area contributed by atoms with E-state index in [1.165, 1.54) is 11.1 Å². The number of benzene rings is 1. The van der Waals surface area contributed by atoms with Crippen molar-refractivity contribution in [2.45, 2.75) is 52.2 Å². The Balaban J connectivity index is 2.01. The van der Waals surface area contributed by atoms with Crippen molar-refractivity contribution in [2.24, 2.45) is 5.92 Å². The van der Waals surface area contributed by atoms with Crippen LogP contribution in [0.5, 0.6) is 0 Å². The van der Waals surface area contributed by atoms with Crippen LogP contribution in [0.1, 0.15) is 51.3 Å². The Hall–Kier alpha value is -0.860. The van der Waals surface area contributed by atoms with E-state index in [1.54, 1.807) is 0 Å². The summed E-state index contributed by atoms with van der Waals surface area (Å²) >= 11 is 0. The Morgan fingerprint density at radius 2 is 1.89 bits per heavy atom. The molecule has 1 heterocycles. The first kappa shape index (κ1) is 14.5. The molecule has 1 saturated heterocycles. The van der Waals surface area contributed by atoms with Gasteiger partial charge >= 0.3 is 0 Å². The van der Waals surface area contributed by atoms with Crippen molar-refractivity contribution in [1.29, 1.82) is 0 Å². The summed E-state index contributed by atoms with van der Waals surface area (Å²) in [6, 6.07) is 8.92. The van der Waals surface area contributed by atoms with Crippen LogP contribution >= 0.6 is 0 Å². The summed E-state index contributed by atoms with van der Waals surface area (Å²) in [4.78, 5) is 0. The van der Waals surface area contributed by atoms with Crippen molar-refractivity contribution in [3.8, 4) is 0 Å². The van der Waals surface area contributed by atoms with Gasteiger partial charge in [-0.3, -0.25) is 0 Å². The van der Waals surface area contributed by atoms with Crippen LogP contribution in [-0.2, 0) is 11.2 Å². The van der Waals surface area contributed by atoms with E-state index >= 15 is 0 Å². The molecule has 1 fully saturated rings. The molecule has 2 unspecified atom stereocenters. The van der Waals surface area contributed by atoms with Crippen LogP contribution in [0.2, 0.25) is 0 Å². The zero-order valence-corrected chi connectivity index (χ0v) is 12.7. The van der Waals surface area contributed by atoms with Crippen LogP contribution < -0.4 is 5.32 Å². The van der Waals surface area contributed by atoms with E-state index in [4.69, 9.17) is 4.74 Å². The molecule has 0 saturated carbocycles. The molecule has 19 heavy (non-hydrogen) atoms. The lowest BCUT2D eigenvalue weighted by Gasteiger charge is -2.26. The van der Waals surface area contributed by atoms with Crippen molar-refractivity contribution in [3.63, 3.8) is 0 Å². The number of hydrogen-bond acceptors (Lipinski definition) is 2. The molecular weight excluding hydrogens is 234 g/mol. The Kier molecular flexibility index (Phi) is 4.64. The van der Waals surface area contributed by atoms with E-state index < -0.39 is 0 Å². The van der Waals surface area contributed by atoms with E-state index in [2.05, 4.69) is 57.3 Å². The first-order valence-corrected chi connectivity index (χ1v) is 7.45. The zero-order valence-electron chi connectivity index (χ0n) is 12.7. The monoisotopic (exact) mass is 261 g/mol. The maximum Gasteiger partial charge on any atom is 0.0866 e. The second-order valence-electron chi connectivity index (χ2n) is 6.57. The molecule has 1 aliphatic rings. The molecular formula is C17H27NO. The Bertz CT molecular complexity index is 391. The van der Waals surface area contributed by atoms with Crippen LogP contribution in [0.4, 0.5) is 0 Å². The molecule has 0 aliphatic carbocycles. The molecule has 2 atom stereocenters. The minimum absolute atomic E-state index is 0.180. The topological polar surface area (TPSA) is 21.3 Å². The predicted octanol–water partition coefficient (Wildman–Crippen LogP) is 3.71. The summed E-state index contributed by atoms with van der Waals surface area (Å²) in [7, 11) is 0. The standard InChI is InChI=1S/C17H27NO/c1-5-13-6-8-14(9-7-13)16-15(10-11-19-16)12-18-17(2,3)4/h6-9,15-16,18H,5,10-12H2,1-4H3. The van der Waals surface area contributed by atoms with Crippen molar-refractivity contribution < 1.29 is 4.74 Å². The molecule has 1 aromatic rings. The van der Waals surface area contributed by atoms with Crippen molar-refractivity contribution in [1.82, 2.24) is 5.32 Å². The average molecular weight is 261 g/mol. The SMILES string of the molecule is CCc1ccc(C2OCCC2CNC(C)(C)C)cc1. The van der Waals surface area contributed by atoms with Gasteiger partial charge in [0.25, 0.3) is 0 Å². The fourth-order valence-electron chi connectivity index (χ4n) is 2.59.